The van der Waals surface area contributed by atoms with Crippen LogP contribution in [0.2, 0.25) is 0 Å². The van der Waals surface area contributed by atoms with Gasteiger partial charge in [-0.15, -0.1) is 11.3 Å². The molecule has 2 atom stereocenters. The topological polar surface area (TPSA) is 66.8 Å². The Balaban J connectivity index is 2.79. The smallest absolute Gasteiger partial charge is 0.338 e. The third-order valence-corrected chi connectivity index (χ3v) is 3.26. The van der Waals surface area contributed by atoms with Gasteiger partial charge in [0.05, 0.1) is 18.8 Å². The number of methoxy groups -OCH3 is 1. The first kappa shape index (κ1) is 12.5. The van der Waals surface area contributed by atoms with Gasteiger partial charge in [-0.1, -0.05) is 0 Å². The minimum atomic E-state index is -1.01. The highest BCUT2D eigenvalue weighted by Gasteiger charge is 2.20. The molecule has 0 radical (unpaired) electrons. The second kappa shape index (κ2) is 5.50. The number of esters is 1. The van der Waals surface area contributed by atoms with Crippen LogP contribution in [-0.4, -0.2) is 35.1 Å². The maximum atomic E-state index is 11.1. The molecule has 0 saturated carbocycles. The minimum Gasteiger partial charge on any atom is -0.465 e. The maximum Gasteiger partial charge on any atom is 0.338 e. The van der Waals surface area contributed by atoms with Crippen molar-refractivity contribution in [1.82, 2.24) is 0 Å². The Hall–Kier alpha value is -0.560. The van der Waals surface area contributed by atoms with Crippen molar-refractivity contribution >= 4 is 29.9 Å². The summed E-state index contributed by atoms with van der Waals surface area (Å²) in [6.45, 7) is 0. The maximum absolute atomic E-state index is 11.1. The Morgan fingerprint density at radius 2 is 2.33 bits per heavy atom. The van der Waals surface area contributed by atoms with Crippen molar-refractivity contribution in [3.63, 3.8) is 0 Å². The summed E-state index contributed by atoms with van der Waals surface area (Å²) in [5.74, 6) is -0.294. The lowest BCUT2D eigenvalue weighted by Crippen LogP contribution is -2.18. The van der Waals surface area contributed by atoms with Gasteiger partial charge in [0.2, 0.25) is 0 Å². The lowest BCUT2D eigenvalue weighted by Gasteiger charge is -2.13. The molecule has 0 fully saturated rings. The predicted molar refractivity (Wildman–Crippen MR) is 60.5 cm³/mol. The van der Waals surface area contributed by atoms with Crippen molar-refractivity contribution in [2.24, 2.45) is 0 Å². The first-order valence-electron chi connectivity index (χ1n) is 4.24. The lowest BCUT2D eigenvalue weighted by molar-refractivity contribution is 0.0359. The quantitative estimate of drug-likeness (QED) is 0.546. The number of rotatable bonds is 4. The molecule has 2 unspecified atom stereocenters. The summed E-state index contributed by atoms with van der Waals surface area (Å²) in [6.07, 6.45) is -1.94. The van der Waals surface area contributed by atoms with Crippen molar-refractivity contribution in [2.75, 3.05) is 12.9 Å². The van der Waals surface area contributed by atoms with Crippen LogP contribution >= 0.6 is 24.0 Å². The van der Waals surface area contributed by atoms with E-state index in [9.17, 15) is 15.0 Å². The molecule has 0 spiro atoms. The SMILES string of the molecule is COC(=O)c1csc(C(O)C(O)CS)c1. The number of hydrogen-bond acceptors (Lipinski definition) is 6. The third-order valence-electron chi connectivity index (χ3n) is 1.88. The van der Waals surface area contributed by atoms with E-state index < -0.39 is 18.2 Å². The van der Waals surface area contributed by atoms with Gasteiger partial charge >= 0.3 is 5.97 Å². The summed E-state index contributed by atoms with van der Waals surface area (Å²) in [4.78, 5) is 11.6. The van der Waals surface area contributed by atoms with Gasteiger partial charge in [0, 0.05) is 16.0 Å². The molecule has 0 aliphatic heterocycles. The average molecular weight is 248 g/mol. The highest BCUT2D eigenvalue weighted by Crippen LogP contribution is 2.25. The molecule has 0 aliphatic carbocycles. The molecule has 0 aromatic carbocycles. The molecule has 6 heteroatoms. The van der Waals surface area contributed by atoms with Crippen LogP contribution in [0.25, 0.3) is 0 Å². The van der Waals surface area contributed by atoms with E-state index in [0.29, 0.717) is 10.4 Å². The van der Waals surface area contributed by atoms with E-state index in [1.54, 1.807) is 5.38 Å². The fourth-order valence-electron chi connectivity index (χ4n) is 1.02. The number of carbonyl (C=O) groups is 1. The van der Waals surface area contributed by atoms with Crippen LogP contribution in [-0.2, 0) is 4.74 Å². The second-order valence-electron chi connectivity index (χ2n) is 2.92. The Morgan fingerprint density at radius 3 is 2.87 bits per heavy atom. The van der Waals surface area contributed by atoms with Crippen molar-refractivity contribution in [3.05, 3.63) is 21.9 Å². The molecule has 0 bridgehead atoms. The summed E-state index contributed by atoms with van der Waals surface area (Å²) in [5, 5.41) is 20.5. The molecule has 2 N–H and O–H groups in total. The van der Waals surface area contributed by atoms with Gasteiger partial charge in [-0.25, -0.2) is 4.79 Å². The van der Waals surface area contributed by atoms with Crippen LogP contribution in [0, 0.1) is 0 Å². The van der Waals surface area contributed by atoms with Gasteiger partial charge in [-0.05, 0) is 6.07 Å². The van der Waals surface area contributed by atoms with Gasteiger partial charge in [0.15, 0.2) is 0 Å². The molecule has 1 rings (SSSR count). The Kier molecular flexibility index (Phi) is 4.59. The van der Waals surface area contributed by atoms with E-state index in [0.717, 1.165) is 0 Å². The monoisotopic (exact) mass is 248 g/mol. The molecule has 0 aliphatic rings. The lowest BCUT2D eigenvalue weighted by atomic mass is 10.2. The number of hydrogen-bond donors (Lipinski definition) is 3. The average Bonchev–Trinajstić information content (AvgIpc) is 2.75. The molecule has 1 aromatic rings. The number of thiophene rings is 1. The van der Waals surface area contributed by atoms with Crippen LogP contribution in [0.1, 0.15) is 21.3 Å². The van der Waals surface area contributed by atoms with E-state index in [2.05, 4.69) is 17.4 Å². The van der Waals surface area contributed by atoms with Crippen molar-refractivity contribution < 1.29 is 19.7 Å². The van der Waals surface area contributed by atoms with Gasteiger partial charge in [-0.3, -0.25) is 0 Å². The zero-order chi connectivity index (χ0) is 11.4. The van der Waals surface area contributed by atoms with Gasteiger partial charge < -0.3 is 14.9 Å². The van der Waals surface area contributed by atoms with Gasteiger partial charge in [-0.2, -0.15) is 12.6 Å². The van der Waals surface area contributed by atoms with Gasteiger partial charge in [0.25, 0.3) is 0 Å². The molecule has 84 valence electrons. The Morgan fingerprint density at radius 1 is 1.67 bits per heavy atom. The molecule has 0 saturated heterocycles. The molecule has 4 nitrogen and oxygen atoms in total. The Bertz CT molecular complexity index is 337. The normalized spacial score (nSPS) is 14.7. The minimum absolute atomic E-state index is 0.159. The second-order valence-corrected chi connectivity index (χ2v) is 4.23. The number of aliphatic hydroxyl groups excluding tert-OH is 2. The first-order chi connectivity index (χ1) is 7.10. The fourth-order valence-corrected chi connectivity index (χ4v) is 2.14. The third kappa shape index (κ3) is 2.94. The zero-order valence-corrected chi connectivity index (χ0v) is 9.79. The summed E-state index contributed by atoms with van der Waals surface area (Å²) in [6, 6.07) is 1.51. The first-order valence-corrected chi connectivity index (χ1v) is 5.75. The standard InChI is InChI=1S/C9H12O4S2/c1-13-9(12)5-2-7(15-4-5)8(11)6(10)3-14/h2,4,6,8,10-11,14H,3H2,1H3. The molecule has 15 heavy (non-hydrogen) atoms. The molecular formula is C9H12O4S2. The van der Waals surface area contributed by atoms with Crippen molar-refractivity contribution in [1.29, 1.82) is 0 Å². The number of carbonyl (C=O) groups excluding carboxylic acids is 1. The van der Waals surface area contributed by atoms with Crippen molar-refractivity contribution in [2.45, 2.75) is 12.2 Å². The van der Waals surface area contributed by atoms with Crippen LogP contribution in [0.3, 0.4) is 0 Å². The molecule has 0 amide bonds. The van der Waals surface area contributed by atoms with Crippen LogP contribution < -0.4 is 0 Å². The highest BCUT2D eigenvalue weighted by atomic mass is 32.1. The van der Waals surface area contributed by atoms with Crippen molar-refractivity contribution in [3.8, 4) is 0 Å². The van der Waals surface area contributed by atoms with E-state index in [1.807, 2.05) is 0 Å². The van der Waals surface area contributed by atoms with Crippen LogP contribution in [0.4, 0.5) is 0 Å². The summed E-state index contributed by atoms with van der Waals surface area (Å²) >= 11 is 5.07. The van der Waals surface area contributed by atoms with E-state index in [4.69, 9.17) is 0 Å². The van der Waals surface area contributed by atoms with E-state index in [-0.39, 0.29) is 5.75 Å². The molecule has 1 aromatic heterocycles. The predicted octanol–water partition coefficient (Wildman–Crippen LogP) is 0.859. The van der Waals surface area contributed by atoms with E-state index >= 15 is 0 Å². The van der Waals surface area contributed by atoms with E-state index in [1.165, 1.54) is 24.5 Å². The van der Waals surface area contributed by atoms with Crippen LogP contribution in [0.5, 0.6) is 0 Å². The number of ether oxygens (including phenoxy) is 1. The molecule has 1 heterocycles. The zero-order valence-electron chi connectivity index (χ0n) is 8.08. The van der Waals surface area contributed by atoms with Gasteiger partial charge in [0.1, 0.15) is 6.10 Å². The largest absolute Gasteiger partial charge is 0.465 e. The van der Waals surface area contributed by atoms with Crippen LogP contribution in [0.15, 0.2) is 11.4 Å². The highest BCUT2D eigenvalue weighted by molar-refractivity contribution is 7.80. The summed E-state index contributed by atoms with van der Waals surface area (Å²) in [7, 11) is 1.29. The fraction of sp³-hybridized carbons (Fsp3) is 0.444. The number of aliphatic hydroxyl groups is 2. The Labute approximate surface area is 96.9 Å². The summed E-state index contributed by atoms with van der Waals surface area (Å²) in [5.41, 5.74) is 0.378. The summed E-state index contributed by atoms with van der Waals surface area (Å²) < 4.78 is 4.52. The number of thiol groups is 1. The molecular weight excluding hydrogens is 236 g/mol.